The van der Waals surface area contributed by atoms with Gasteiger partial charge in [-0.15, -0.1) is 0 Å². The minimum absolute atomic E-state index is 0.199. The molecule has 0 aliphatic carbocycles. The number of piperidine rings is 1. The van der Waals surface area contributed by atoms with Crippen LogP contribution in [0.15, 0.2) is 24.3 Å². The highest BCUT2D eigenvalue weighted by Crippen LogP contribution is 2.22. The Bertz CT molecular complexity index is 455. The van der Waals surface area contributed by atoms with E-state index in [1.165, 1.54) is 38.5 Å². The Morgan fingerprint density at radius 3 is 2.68 bits per heavy atom. The van der Waals surface area contributed by atoms with Crippen LogP contribution >= 0.6 is 0 Å². The lowest BCUT2D eigenvalue weighted by molar-refractivity contribution is 0.0866. The van der Waals surface area contributed by atoms with Gasteiger partial charge in [-0.05, 0) is 56.6 Å². The number of likely N-dealkylation sites (tertiary alicyclic amines) is 1. The number of rotatable bonds is 8. The molecule has 122 valence electrons. The third kappa shape index (κ3) is 5.13. The van der Waals surface area contributed by atoms with Gasteiger partial charge in [-0.3, -0.25) is 9.69 Å². The molecule has 3 nitrogen and oxygen atoms in total. The lowest BCUT2D eigenvalue weighted by Gasteiger charge is -2.35. The SMILES string of the molecule is CCCCCCN1CCCCC1CC(=O)c1ccc(O)cc1. The molecule has 1 saturated heterocycles. The molecule has 1 atom stereocenters. The number of aromatic hydroxyl groups is 1. The summed E-state index contributed by atoms with van der Waals surface area (Å²) in [6.07, 6.45) is 9.36. The summed E-state index contributed by atoms with van der Waals surface area (Å²) in [4.78, 5) is 15.0. The van der Waals surface area contributed by atoms with Gasteiger partial charge in [0.2, 0.25) is 0 Å². The average molecular weight is 303 g/mol. The molecule has 0 spiro atoms. The van der Waals surface area contributed by atoms with Crippen molar-refractivity contribution in [1.29, 1.82) is 0 Å². The van der Waals surface area contributed by atoms with Gasteiger partial charge >= 0.3 is 0 Å². The largest absolute Gasteiger partial charge is 0.508 e. The minimum atomic E-state index is 0.199. The second-order valence-corrected chi connectivity index (χ2v) is 6.42. The molecule has 1 N–H and O–H groups in total. The van der Waals surface area contributed by atoms with Gasteiger partial charge in [0.25, 0.3) is 0 Å². The Balaban J connectivity index is 1.87. The first-order valence-electron chi connectivity index (χ1n) is 8.77. The highest BCUT2D eigenvalue weighted by atomic mass is 16.3. The van der Waals surface area contributed by atoms with E-state index in [4.69, 9.17) is 0 Å². The summed E-state index contributed by atoms with van der Waals surface area (Å²) >= 11 is 0. The van der Waals surface area contributed by atoms with Crippen LogP contribution < -0.4 is 0 Å². The normalized spacial score (nSPS) is 19.2. The predicted octanol–water partition coefficient (Wildman–Crippen LogP) is 4.40. The minimum Gasteiger partial charge on any atom is -0.508 e. The zero-order valence-electron chi connectivity index (χ0n) is 13.8. The Kier molecular flexibility index (Phi) is 6.91. The summed E-state index contributed by atoms with van der Waals surface area (Å²) in [7, 11) is 0. The van der Waals surface area contributed by atoms with Crippen LogP contribution in [0.4, 0.5) is 0 Å². The van der Waals surface area contributed by atoms with Gasteiger partial charge in [0.15, 0.2) is 5.78 Å². The molecular formula is C19H29NO2. The van der Waals surface area contributed by atoms with Crippen LogP contribution in [0.1, 0.15) is 68.6 Å². The van der Waals surface area contributed by atoms with Crippen molar-refractivity contribution in [2.75, 3.05) is 13.1 Å². The molecule has 1 aliphatic heterocycles. The quantitative estimate of drug-likeness (QED) is 0.571. The molecule has 2 rings (SSSR count). The van der Waals surface area contributed by atoms with Crippen molar-refractivity contribution in [3.63, 3.8) is 0 Å². The van der Waals surface area contributed by atoms with E-state index in [0.29, 0.717) is 18.0 Å². The lowest BCUT2D eigenvalue weighted by atomic mass is 9.94. The molecule has 0 amide bonds. The van der Waals surface area contributed by atoms with Gasteiger partial charge in [0.05, 0.1) is 0 Å². The van der Waals surface area contributed by atoms with Gasteiger partial charge < -0.3 is 5.11 Å². The number of ketones is 1. The zero-order chi connectivity index (χ0) is 15.8. The molecule has 1 aliphatic rings. The molecular weight excluding hydrogens is 274 g/mol. The van der Waals surface area contributed by atoms with E-state index in [-0.39, 0.29) is 11.5 Å². The molecule has 1 fully saturated rings. The van der Waals surface area contributed by atoms with E-state index in [1.807, 2.05) is 0 Å². The zero-order valence-corrected chi connectivity index (χ0v) is 13.8. The number of phenolic OH excluding ortho intramolecular Hbond substituents is 1. The van der Waals surface area contributed by atoms with Gasteiger partial charge in [0, 0.05) is 18.0 Å². The molecule has 22 heavy (non-hydrogen) atoms. The third-order valence-corrected chi connectivity index (χ3v) is 4.66. The number of nitrogens with zero attached hydrogens (tertiary/aromatic N) is 1. The number of hydrogen-bond acceptors (Lipinski definition) is 3. The smallest absolute Gasteiger partial charge is 0.164 e. The maximum atomic E-state index is 12.4. The van der Waals surface area contributed by atoms with Crippen molar-refractivity contribution >= 4 is 5.78 Å². The van der Waals surface area contributed by atoms with Crippen molar-refractivity contribution in [1.82, 2.24) is 4.90 Å². The Hall–Kier alpha value is -1.35. The van der Waals surface area contributed by atoms with Gasteiger partial charge in [-0.25, -0.2) is 0 Å². The molecule has 0 aromatic heterocycles. The molecule has 3 heteroatoms. The van der Waals surface area contributed by atoms with Crippen molar-refractivity contribution in [3.8, 4) is 5.75 Å². The third-order valence-electron chi connectivity index (χ3n) is 4.66. The van der Waals surface area contributed by atoms with Gasteiger partial charge in [-0.1, -0.05) is 32.6 Å². The Labute approximate surface area is 134 Å². The fourth-order valence-corrected chi connectivity index (χ4v) is 3.31. The topological polar surface area (TPSA) is 40.5 Å². The maximum absolute atomic E-state index is 12.4. The van der Waals surface area contributed by atoms with E-state index in [2.05, 4.69) is 11.8 Å². The second-order valence-electron chi connectivity index (χ2n) is 6.42. The van der Waals surface area contributed by atoms with Crippen molar-refractivity contribution in [2.45, 2.75) is 64.3 Å². The fraction of sp³-hybridized carbons (Fsp3) is 0.632. The number of phenols is 1. The van der Waals surface area contributed by atoms with Crippen LogP contribution in [0, 0.1) is 0 Å². The summed E-state index contributed by atoms with van der Waals surface area (Å²) in [5.41, 5.74) is 0.717. The Morgan fingerprint density at radius 2 is 1.95 bits per heavy atom. The summed E-state index contributed by atoms with van der Waals surface area (Å²) in [6.45, 7) is 4.51. The number of benzene rings is 1. The van der Waals surface area contributed by atoms with Crippen LogP contribution in [0.2, 0.25) is 0 Å². The molecule has 1 heterocycles. The first-order chi connectivity index (χ1) is 10.7. The summed E-state index contributed by atoms with van der Waals surface area (Å²) in [6, 6.07) is 7.04. The number of Topliss-reactive ketones (excluding diaryl/α,β-unsaturated/α-hetero) is 1. The van der Waals surface area contributed by atoms with Crippen LogP contribution in [0.25, 0.3) is 0 Å². The highest BCUT2D eigenvalue weighted by molar-refractivity contribution is 5.96. The molecule has 0 radical (unpaired) electrons. The monoisotopic (exact) mass is 303 g/mol. The highest BCUT2D eigenvalue weighted by Gasteiger charge is 2.24. The van der Waals surface area contributed by atoms with E-state index in [1.54, 1.807) is 24.3 Å². The van der Waals surface area contributed by atoms with Crippen LogP contribution in [0.5, 0.6) is 5.75 Å². The molecule has 1 aromatic carbocycles. The van der Waals surface area contributed by atoms with Crippen molar-refractivity contribution in [3.05, 3.63) is 29.8 Å². The van der Waals surface area contributed by atoms with E-state index in [9.17, 15) is 9.90 Å². The van der Waals surface area contributed by atoms with Crippen LogP contribution in [-0.4, -0.2) is 34.9 Å². The predicted molar refractivity (Wildman–Crippen MR) is 90.4 cm³/mol. The van der Waals surface area contributed by atoms with Crippen LogP contribution in [0.3, 0.4) is 0 Å². The van der Waals surface area contributed by atoms with Crippen molar-refractivity contribution in [2.24, 2.45) is 0 Å². The van der Waals surface area contributed by atoms with Gasteiger partial charge in [-0.2, -0.15) is 0 Å². The van der Waals surface area contributed by atoms with Gasteiger partial charge in [0.1, 0.15) is 5.75 Å². The second kappa shape index (κ2) is 8.94. The first kappa shape index (κ1) is 17.0. The summed E-state index contributed by atoms with van der Waals surface area (Å²) < 4.78 is 0. The number of hydrogen-bond donors (Lipinski definition) is 1. The van der Waals surface area contributed by atoms with E-state index < -0.39 is 0 Å². The van der Waals surface area contributed by atoms with Crippen molar-refractivity contribution < 1.29 is 9.90 Å². The summed E-state index contributed by atoms with van der Waals surface area (Å²) in [5, 5.41) is 9.32. The summed E-state index contributed by atoms with van der Waals surface area (Å²) in [5.74, 6) is 0.414. The molecule has 1 unspecified atom stereocenters. The average Bonchev–Trinajstić information content (AvgIpc) is 2.53. The maximum Gasteiger partial charge on any atom is 0.164 e. The number of carbonyl (C=O) groups excluding carboxylic acids is 1. The fourth-order valence-electron chi connectivity index (χ4n) is 3.31. The standard InChI is InChI=1S/C19H29NO2/c1-2-3-4-6-13-20-14-7-5-8-17(20)15-19(22)16-9-11-18(21)12-10-16/h9-12,17,21H,2-8,13-15H2,1H3. The van der Waals surface area contributed by atoms with Crippen LogP contribution in [-0.2, 0) is 0 Å². The lowest BCUT2D eigenvalue weighted by Crippen LogP contribution is -2.41. The molecule has 0 bridgehead atoms. The van der Waals surface area contributed by atoms with E-state index >= 15 is 0 Å². The number of unbranched alkanes of at least 4 members (excludes halogenated alkanes) is 3. The number of carbonyl (C=O) groups is 1. The van der Waals surface area contributed by atoms with E-state index in [0.717, 1.165) is 19.5 Å². The Morgan fingerprint density at radius 1 is 1.18 bits per heavy atom. The first-order valence-corrected chi connectivity index (χ1v) is 8.77. The molecule has 1 aromatic rings. The molecule has 0 saturated carbocycles.